The van der Waals surface area contributed by atoms with Gasteiger partial charge in [0.1, 0.15) is 0 Å². The lowest BCUT2D eigenvalue weighted by molar-refractivity contribution is 0.247. The molecule has 1 aliphatic carbocycles. The number of sulfonamides is 1. The Morgan fingerprint density at radius 1 is 1.13 bits per heavy atom. The summed E-state index contributed by atoms with van der Waals surface area (Å²) in [5.74, 6) is -0.0386. The van der Waals surface area contributed by atoms with Gasteiger partial charge in [-0.1, -0.05) is 29.7 Å². The zero-order valence-electron chi connectivity index (χ0n) is 13.7. The highest BCUT2D eigenvalue weighted by Gasteiger charge is 2.36. The van der Waals surface area contributed by atoms with Gasteiger partial charge in [-0.3, -0.25) is 0 Å². The van der Waals surface area contributed by atoms with Crippen molar-refractivity contribution < 1.29 is 13.5 Å². The van der Waals surface area contributed by atoms with Gasteiger partial charge in [0.05, 0.1) is 11.5 Å². The molecule has 3 rings (SSSR count). The second kappa shape index (κ2) is 6.75. The Hall–Kier alpha value is -1.17. The highest BCUT2D eigenvalue weighted by atomic mass is 32.2. The van der Waals surface area contributed by atoms with E-state index in [4.69, 9.17) is 0 Å². The molecule has 1 heterocycles. The fraction of sp³-hybridized carbons (Fsp3) is 0.556. The van der Waals surface area contributed by atoms with Crippen LogP contribution in [0.4, 0.5) is 0 Å². The Kier molecular flexibility index (Phi) is 4.90. The van der Waals surface area contributed by atoms with Gasteiger partial charge in [-0.25, -0.2) is 8.42 Å². The quantitative estimate of drug-likeness (QED) is 0.864. The normalized spacial score (nSPS) is 23.5. The minimum Gasteiger partial charge on any atom is -0.396 e. The molecule has 1 saturated heterocycles. The van der Waals surface area contributed by atoms with Crippen LogP contribution in [-0.4, -0.2) is 37.5 Å². The SMILES string of the molecule is Cc1ccc(S(=O)(=O)N2CC(=C3CCCCC3)C(CO)C2)cc1. The van der Waals surface area contributed by atoms with Gasteiger partial charge >= 0.3 is 0 Å². The molecule has 2 aliphatic rings. The van der Waals surface area contributed by atoms with Gasteiger partial charge in [0, 0.05) is 19.0 Å². The van der Waals surface area contributed by atoms with Crippen molar-refractivity contribution in [2.24, 2.45) is 5.92 Å². The first-order valence-corrected chi connectivity index (χ1v) is 9.85. The lowest BCUT2D eigenvalue weighted by Crippen LogP contribution is -2.29. The first kappa shape index (κ1) is 16.7. The number of aliphatic hydroxyl groups is 1. The molecule has 0 radical (unpaired) electrons. The fourth-order valence-electron chi connectivity index (χ4n) is 3.65. The van der Waals surface area contributed by atoms with Crippen LogP contribution in [0.5, 0.6) is 0 Å². The smallest absolute Gasteiger partial charge is 0.243 e. The topological polar surface area (TPSA) is 57.6 Å². The van der Waals surface area contributed by atoms with Gasteiger partial charge in [0.2, 0.25) is 10.0 Å². The number of rotatable bonds is 3. The fourth-order valence-corrected chi connectivity index (χ4v) is 5.11. The summed E-state index contributed by atoms with van der Waals surface area (Å²) in [6, 6.07) is 6.99. The Balaban J connectivity index is 1.88. The molecular weight excluding hydrogens is 310 g/mol. The molecule has 1 aliphatic heterocycles. The molecule has 2 fully saturated rings. The van der Waals surface area contributed by atoms with E-state index < -0.39 is 10.0 Å². The predicted molar refractivity (Wildman–Crippen MR) is 90.6 cm³/mol. The predicted octanol–water partition coefficient (Wildman–Crippen LogP) is 2.87. The van der Waals surface area contributed by atoms with E-state index in [1.54, 1.807) is 12.1 Å². The summed E-state index contributed by atoms with van der Waals surface area (Å²) >= 11 is 0. The van der Waals surface area contributed by atoms with Crippen LogP contribution in [0.1, 0.15) is 37.7 Å². The van der Waals surface area contributed by atoms with E-state index >= 15 is 0 Å². The van der Waals surface area contributed by atoms with Crippen LogP contribution in [0.2, 0.25) is 0 Å². The van der Waals surface area contributed by atoms with Crippen molar-refractivity contribution in [2.45, 2.75) is 43.9 Å². The zero-order chi connectivity index (χ0) is 16.4. The third-order valence-corrected chi connectivity index (χ3v) is 6.88. The minimum atomic E-state index is -3.48. The molecular formula is C18H25NO3S. The van der Waals surface area contributed by atoms with E-state index in [0.29, 0.717) is 18.0 Å². The standard InChI is InChI=1S/C18H25NO3S/c1-14-7-9-17(10-8-14)23(21,22)19-11-16(13-20)18(12-19)15-5-3-2-4-6-15/h7-10,16,20H,2-6,11-13H2,1H3. The van der Waals surface area contributed by atoms with E-state index in [9.17, 15) is 13.5 Å². The molecule has 1 atom stereocenters. The lowest BCUT2D eigenvalue weighted by Gasteiger charge is -2.19. The third-order valence-electron chi connectivity index (χ3n) is 5.05. The third kappa shape index (κ3) is 3.37. The summed E-state index contributed by atoms with van der Waals surface area (Å²) < 4.78 is 27.3. The monoisotopic (exact) mass is 335 g/mol. The van der Waals surface area contributed by atoms with Gasteiger partial charge in [-0.05, 0) is 50.3 Å². The molecule has 4 nitrogen and oxygen atoms in total. The Morgan fingerprint density at radius 2 is 1.78 bits per heavy atom. The molecule has 126 valence electrons. The van der Waals surface area contributed by atoms with Crippen molar-refractivity contribution in [3.8, 4) is 0 Å². The van der Waals surface area contributed by atoms with Crippen molar-refractivity contribution in [1.29, 1.82) is 0 Å². The van der Waals surface area contributed by atoms with E-state index in [2.05, 4.69) is 0 Å². The first-order chi connectivity index (χ1) is 11.0. The largest absolute Gasteiger partial charge is 0.396 e. The average molecular weight is 335 g/mol. The maximum Gasteiger partial charge on any atom is 0.243 e. The maximum absolute atomic E-state index is 12.9. The molecule has 1 aromatic carbocycles. The molecule has 0 bridgehead atoms. The second-order valence-corrected chi connectivity index (χ2v) is 8.62. The van der Waals surface area contributed by atoms with Crippen molar-refractivity contribution in [2.75, 3.05) is 19.7 Å². The van der Waals surface area contributed by atoms with E-state index in [1.807, 2.05) is 19.1 Å². The lowest BCUT2D eigenvalue weighted by atomic mass is 9.87. The summed E-state index contributed by atoms with van der Waals surface area (Å²) in [6.07, 6.45) is 5.74. The maximum atomic E-state index is 12.9. The van der Waals surface area contributed by atoms with Crippen molar-refractivity contribution in [3.63, 3.8) is 0 Å². The summed E-state index contributed by atoms with van der Waals surface area (Å²) in [4.78, 5) is 0.342. The minimum absolute atomic E-state index is 0.0265. The number of benzene rings is 1. The molecule has 1 aromatic rings. The highest BCUT2D eigenvalue weighted by molar-refractivity contribution is 7.89. The molecule has 1 N–H and O–H groups in total. The Labute approximate surface area is 138 Å². The molecule has 1 saturated carbocycles. The van der Waals surface area contributed by atoms with Crippen molar-refractivity contribution in [1.82, 2.24) is 4.31 Å². The van der Waals surface area contributed by atoms with E-state index in [0.717, 1.165) is 18.4 Å². The molecule has 0 aromatic heterocycles. The number of aryl methyl sites for hydroxylation is 1. The Morgan fingerprint density at radius 3 is 2.39 bits per heavy atom. The van der Waals surface area contributed by atoms with Gasteiger partial charge in [0.25, 0.3) is 0 Å². The van der Waals surface area contributed by atoms with Gasteiger partial charge < -0.3 is 5.11 Å². The van der Waals surface area contributed by atoms with Crippen molar-refractivity contribution in [3.05, 3.63) is 41.0 Å². The Bertz CT molecular complexity index is 683. The van der Waals surface area contributed by atoms with Gasteiger partial charge in [0.15, 0.2) is 0 Å². The summed E-state index contributed by atoms with van der Waals surface area (Å²) in [7, 11) is -3.48. The molecule has 23 heavy (non-hydrogen) atoms. The summed E-state index contributed by atoms with van der Waals surface area (Å²) in [5.41, 5.74) is 3.60. The zero-order valence-corrected chi connectivity index (χ0v) is 14.5. The first-order valence-electron chi connectivity index (χ1n) is 8.41. The molecule has 0 spiro atoms. The molecule has 0 amide bonds. The van der Waals surface area contributed by atoms with Gasteiger partial charge in [-0.15, -0.1) is 0 Å². The number of nitrogens with zero attached hydrogens (tertiary/aromatic N) is 1. The number of aliphatic hydroxyl groups excluding tert-OH is 1. The van der Waals surface area contributed by atoms with Crippen LogP contribution in [0.25, 0.3) is 0 Å². The summed E-state index contributed by atoms with van der Waals surface area (Å²) in [5, 5.41) is 9.70. The van der Waals surface area contributed by atoms with Gasteiger partial charge in [-0.2, -0.15) is 4.31 Å². The van der Waals surface area contributed by atoms with Crippen LogP contribution in [0.15, 0.2) is 40.3 Å². The van der Waals surface area contributed by atoms with Crippen LogP contribution in [0, 0.1) is 12.8 Å². The van der Waals surface area contributed by atoms with Crippen LogP contribution in [0.3, 0.4) is 0 Å². The highest BCUT2D eigenvalue weighted by Crippen LogP contribution is 2.35. The van der Waals surface area contributed by atoms with Crippen LogP contribution < -0.4 is 0 Å². The number of hydrogen-bond acceptors (Lipinski definition) is 3. The number of hydrogen-bond donors (Lipinski definition) is 1. The van der Waals surface area contributed by atoms with E-state index in [-0.39, 0.29) is 12.5 Å². The second-order valence-electron chi connectivity index (χ2n) is 6.68. The van der Waals surface area contributed by atoms with Crippen LogP contribution >= 0.6 is 0 Å². The van der Waals surface area contributed by atoms with E-state index in [1.165, 1.54) is 34.7 Å². The molecule has 1 unspecified atom stereocenters. The summed E-state index contributed by atoms with van der Waals surface area (Å²) in [6.45, 7) is 2.81. The average Bonchev–Trinajstić information content (AvgIpc) is 3.01. The van der Waals surface area contributed by atoms with Crippen LogP contribution in [-0.2, 0) is 10.0 Å². The molecule has 5 heteroatoms. The van der Waals surface area contributed by atoms with Crippen molar-refractivity contribution >= 4 is 10.0 Å². The number of allylic oxidation sites excluding steroid dienone is 1.